The summed E-state index contributed by atoms with van der Waals surface area (Å²) in [5, 5.41) is 1.93. The first-order chi connectivity index (χ1) is 12.4. The van der Waals surface area contributed by atoms with E-state index in [1.54, 1.807) is 18.3 Å². The Balaban J connectivity index is 1.80. The lowest BCUT2D eigenvalue weighted by Gasteiger charge is -2.21. The molecule has 3 aromatic rings. The molecule has 9 heteroatoms. The lowest BCUT2D eigenvalue weighted by Crippen LogP contribution is -2.38. The van der Waals surface area contributed by atoms with E-state index in [0.717, 1.165) is 12.4 Å². The third kappa shape index (κ3) is 4.00. The van der Waals surface area contributed by atoms with Crippen LogP contribution in [-0.4, -0.2) is 32.0 Å². The summed E-state index contributed by atoms with van der Waals surface area (Å²) in [5.74, 6) is -0.637. The zero-order valence-electron chi connectivity index (χ0n) is 13.2. The van der Waals surface area contributed by atoms with Gasteiger partial charge in [0, 0.05) is 36.5 Å². The number of hydrogen-bond donors (Lipinski definition) is 1. The van der Waals surface area contributed by atoms with Crippen molar-refractivity contribution in [3.63, 3.8) is 0 Å². The minimum absolute atomic E-state index is 0.0946. The van der Waals surface area contributed by atoms with Gasteiger partial charge in [0.25, 0.3) is 5.91 Å². The Kier molecular flexibility index (Phi) is 4.87. The smallest absolute Gasteiger partial charge is 0.335 e. The first kappa shape index (κ1) is 17.5. The summed E-state index contributed by atoms with van der Waals surface area (Å²) < 4.78 is 39.8. The number of pyridine rings is 2. The number of aromatic nitrogens is 4. The molecule has 0 saturated heterocycles. The van der Waals surface area contributed by atoms with E-state index in [2.05, 4.69) is 19.9 Å². The molecule has 0 spiro atoms. The predicted octanol–water partition coefficient (Wildman–Crippen LogP) is 2.97. The van der Waals surface area contributed by atoms with Crippen molar-refractivity contribution in [1.82, 2.24) is 25.3 Å². The van der Waals surface area contributed by atoms with Crippen LogP contribution in [0.25, 0.3) is 11.4 Å². The van der Waals surface area contributed by atoms with Gasteiger partial charge in [0.15, 0.2) is 11.9 Å². The largest absolute Gasteiger partial charge is 0.414 e. The third-order valence-electron chi connectivity index (χ3n) is 3.42. The van der Waals surface area contributed by atoms with Gasteiger partial charge in [-0.25, -0.2) is 9.97 Å². The molecule has 0 aromatic carbocycles. The average molecular weight is 359 g/mol. The minimum atomic E-state index is -4.69. The Labute approximate surface area is 146 Å². The van der Waals surface area contributed by atoms with E-state index in [9.17, 15) is 18.0 Å². The molecule has 1 amide bonds. The van der Waals surface area contributed by atoms with Crippen LogP contribution in [0.4, 0.5) is 13.2 Å². The number of carbonyl (C=O) groups excluding carboxylic acids is 1. The van der Waals surface area contributed by atoms with Gasteiger partial charge >= 0.3 is 6.18 Å². The molecule has 3 aromatic heterocycles. The van der Waals surface area contributed by atoms with Crippen molar-refractivity contribution in [3.8, 4) is 11.4 Å². The SMILES string of the molecule is O=C(N[C@H](c1ccccn1)C(F)(F)F)c1cnc(-c2cccnc2)nc1. The quantitative estimate of drug-likeness (QED) is 0.775. The van der Waals surface area contributed by atoms with Crippen molar-refractivity contribution in [1.29, 1.82) is 0 Å². The standard InChI is InChI=1S/C17H12F3N5O/c18-17(19,20)14(13-5-1-2-7-22-13)25-16(26)12-9-23-15(24-10-12)11-4-3-6-21-8-11/h1-10,14H,(H,25,26)/t14-/m1/s1. The number of halogens is 3. The molecular formula is C17H12F3N5O. The maximum Gasteiger partial charge on any atom is 0.414 e. The molecule has 0 bridgehead atoms. The van der Waals surface area contributed by atoms with Crippen LogP contribution < -0.4 is 5.32 Å². The molecule has 0 aliphatic heterocycles. The van der Waals surface area contributed by atoms with Crippen LogP contribution in [0.3, 0.4) is 0 Å². The normalized spacial score (nSPS) is 12.4. The fourth-order valence-electron chi connectivity index (χ4n) is 2.17. The highest BCUT2D eigenvalue weighted by Gasteiger charge is 2.43. The zero-order chi connectivity index (χ0) is 18.6. The van der Waals surface area contributed by atoms with Crippen LogP contribution >= 0.6 is 0 Å². The van der Waals surface area contributed by atoms with E-state index in [4.69, 9.17) is 0 Å². The molecule has 26 heavy (non-hydrogen) atoms. The fraction of sp³-hybridized carbons (Fsp3) is 0.118. The second-order valence-corrected chi connectivity index (χ2v) is 5.24. The summed E-state index contributed by atoms with van der Waals surface area (Å²) in [6.07, 6.45) is 1.98. The van der Waals surface area contributed by atoms with Crippen LogP contribution in [0.1, 0.15) is 22.1 Å². The minimum Gasteiger partial charge on any atom is -0.335 e. The first-order valence-electron chi connectivity index (χ1n) is 7.46. The van der Waals surface area contributed by atoms with E-state index in [1.807, 2.05) is 5.32 Å². The molecule has 3 heterocycles. The van der Waals surface area contributed by atoms with Gasteiger partial charge in [-0.05, 0) is 24.3 Å². The van der Waals surface area contributed by atoms with Gasteiger partial charge in [0.05, 0.1) is 11.3 Å². The number of nitrogens with one attached hydrogen (secondary N) is 1. The number of hydrogen-bond acceptors (Lipinski definition) is 5. The summed E-state index contributed by atoms with van der Waals surface area (Å²) in [6, 6.07) is 5.29. The predicted molar refractivity (Wildman–Crippen MR) is 85.8 cm³/mol. The lowest BCUT2D eigenvalue weighted by atomic mass is 10.1. The molecule has 3 rings (SSSR count). The molecule has 0 radical (unpaired) electrons. The summed E-state index contributed by atoms with van der Waals surface area (Å²) in [4.78, 5) is 27.8. The van der Waals surface area contributed by atoms with Gasteiger partial charge in [-0.2, -0.15) is 13.2 Å². The monoisotopic (exact) mass is 359 g/mol. The zero-order valence-corrected chi connectivity index (χ0v) is 13.2. The molecule has 0 fully saturated rings. The van der Waals surface area contributed by atoms with E-state index in [-0.39, 0.29) is 11.3 Å². The summed E-state index contributed by atoms with van der Waals surface area (Å²) in [6.45, 7) is 0. The fourth-order valence-corrected chi connectivity index (χ4v) is 2.17. The average Bonchev–Trinajstić information content (AvgIpc) is 2.66. The van der Waals surface area contributed by atoms with E-state index >= 15 is 0 Å². The second kappa shape index (κ2) is 7.26. The molecule has 0 unspecified atom stereocenters. The van der Waals surface area contributed by atoms with Gasteiger partial charge in [-0.1, -0.05) is 6.07 Å². The highest BCUT2D eigenvalue weighted by Crippen LogP contribution is 2.31. The maximum absolute atomic E-state index is 13.3. The number of amides is 1. The van der Waals surface area contributed by atoms with Gasteiger partial charge < -0.3 is 5.32 Å². The van der Waals surface area contributed by atoms with Crippen molar-refractivity contribution in [3.05, 3.63) is 72.6 Å². The highest BCUT2D eigenvalue weighted by molar-refractivity contribution is 5.94. The molecule has 1 N–H and O–H groups in total. The van der Waals surface area contributed by atoms with Gasteiger partial charge in [0.2, 0.25) is 0 Å². The number of alkyl halides is 3. The summed E-state index contributed by atoms with van der Waals surface area (Å²) >= 11 is 0. The first-order valence-corrected chi connectivity index (χ1v) is 7.46. The Bertz CT molecular complexity index is 870. The van der Waals surface area contributed by atoms with E-state index in [1.165, 1.54) is 30.6 Å². The van der Waals surface area contributed by atoms with Crippen LogP contribution in [0.15, 0.2) is 61.3 Å². The number of rotatable bonds is 4. The van der Waals surface area contributed by atoms with Crippen LogP contribution in [0.5, 0.6) is 0 Å². The Hall–Kier alpha value is -3.36. The second-order valence-electron chi connectivity index (χ2n) is 5.24. The number of nitrogens with zero attached hydrogens (tertiary/aromatic N) is 4. The van der Waals surface area contributed by atoms with Crippen molar-refractivity contribution in [2.24, 2.45) is 0 Å². The Morgan fingerprint density at radius 3 is 2.31 bits per heavy atom. The summed E-state index contributed by atoms with van der Waals surface area (Å²) in [7, 11) is 0. The molecule has 0 saturated carbocycles. The highest BCUT2D eigenvalue weighted by atomic mass is 19.4. The van der Waals surface area contributed by atoms with Crippen molar-refractivity contribution < 1.29 is 18.0 Å². The Morgan fingerprint density at radius 2 is 1.73 bits per heavy atom. The topological polar surface area (TPSA) is 80.7 Å². The van der Waals surface area contributed by atoms with Crippen molar-refractivity contribution >= 4 is 5.91 Å². The van der Waals surface area contributed by atoms with Crippen molar-refractivity contribution in [2.75, 3.05) is 0 Å². The maximum atomic E-state index is 13.3. The van der Waals surface area contributed by atoms with Crippen molar-refractivity contribution in [2.45, 2.75) is 12.2 Å². The molecule has 0 aliphatic rings. The molecule has 6 nitrogen and oxygen atoms in total. The van der Waals surface area contributed by atoms with Crippen LogP contribution in [0.2, 0.25) is 0 Å². The van der Waals surface area contributed by atoms with Gasteiger partial charge in [-0.15, -0.1) is 0 Å². The van der Waals surface area contributed by atoms with E-state index in [0.29, 0.717) is 11.4 Å². The van der Waals surface area contributed by atoms with E-state index < -0.39 is 18.1 Å². The number of carbonyl (C=O) groups is 1. The Morgan fingerprint density at radius 1 is 0.962 bits per heavy atom. The van der Waals surface area contributed by atoms with Crippen LogP contribution in [-0.2, 0) is 0 Å². The lowest BCUT2D eigenvalue weighted by molar-refractivity contribution is -0.156. The summed E-state index contributed by atoms with van der Waals surface area (Å²) in [5.41, 5.74) is 0.227. The van der Waals surface area contributed by atoms with Gasteiger partial charge in [-0.3, -0.25) is 14.8 Å². The molecular weight excluding hydrogens is 347 g/mol. The molecule has 0 aliphatic carbocycles. The molecule has 132 valence electrons. The third-order valence-corrected chi connectivity index (χ3v) is 3.42. The van der Waals surface area contributed by atoms with Crippen LogP contribution in [0, 0.1) is 0 Å². The van der Waals surface area contributed by atoms with Gasteiger partial charge in [0.1, 0.15) is 0 Å². The molecule has 1 atom stereocenters.